The van der Waals surface area contributed by atoms with Crippen LogP contribution in [-0.2, 0) is 9.59 Å². The monoisotopic (exact) mass is 305 g/mol. The lowest BCUT2D eigenvalue weighted by Crippen LogP contribution is -2.39. The Morgan fingerprint density at radius 1 is 1.27 bits per heavy atom. The van der Waals surface area contributed by atoms with E-state index in [1.807, 2.05) is 13.8 Å². The van der Waals surface area contributed by atoms with Gasteiger partial charge in [-0.15, -0.1) is 0 Å². The average molecular weight is 305 g/mol. The highest BCUT2D eigenvalue weighted by Crippen LogP contribution is 2.38. The third kappa shape index (κ3) is 2.49. The number of phenols is 2. The molecular formula is C15H19N3O4. The Morgan fingerprint density at radius 2 is 1.95 bits per heavy atom. The fraction of sp³-hybridized carbons (Fsp3) is 0.400. The van der Waals surface area contributed by atoms with Gasteiger partial charge in [0.15, 0.2) is 0 Å². The zero-order valence-electron chi connectivity index (χ0n) is 12.7. The molecule has 0 spiro atoms. The summed E-state index contributed by atoms with van der Waals surface area (Å²) in [6, 6.07) is 1.47. The molecule has 2 aromatic rings. The molecule has 7 nitrogen and oxygen atoms in total. The second-order valence-corrected chi connectivity index (χ2v) is 4.91. The van der Waals surface area contributed by atoms with Crippen LogP contribution >= 0.6 is 0 Å². The fourth-order valence-electron chi connectivity index (χ4n) is 2.47. The van der Waals surface area contributed by atoms with Gasteiger partial charge in [-0.05, 0) is 19.4 Å². The third-order valence-electron chi connectivity index (χ3n) is 3.67. The number of hydrogen-bond acceptors (Lipinski definition) is 5. The van der Waals surface area contributed by atoms with E-state index in [0.29, 0.717) is 28.6 Å². The molecule has 0 bridgehead atoms. The van der Waals surface area contributed by atoms with Crippen LogP contribution in [0, 0.1) is 6.92 Å². The number of hydrogen-bond donors (Lipinski definition) is 4. The Bertz CT molecular complexity index is 736. The minimum absolute atomic E-state index is 0.0649. The molecule has 1 aliphatic heterocycles. The summed E-state index contributed by atoms with van der Waals surface area (Å²) < 4.78 is 0. The van der Waals surface area contributed by atoms with Crippen molar-refractivity contribution in [3.05, 3.63) is 17.3 Å². The first kappa shape index (κ1) is 15.8. The van der Waals surface area contributed by atoms with E-state index in [9.17, 15) is 19.8 Å². The first-order valence-corrected chi connectivity index (χ1v) is 7.22. The van der Waals surface area contributed by atoms with Crippen LogP contribution in [0.15, 0.2) is 6.07 Å². The summed E-state index contributed by atoms with van der Waals surface area (Å²) in [5.74, 6) is -1.41. The minimum atomic E-state index is -0.542. The van der Waals surface area contributed by atoms with E-state index in [0.717, 1.165) is 0 Å². The number of nitrogens with one attached hydrogen (secondary N) is 2. The highest BCUT2D eigenvalue weighted by Gasteiger charge is 2.31. The number of nitrogens with zero attached hydrogens (tertiary/aromatic N) is 1. The molecule has 1 saturated heterocycles. The third-order valence-corrected chi connectivity index (χ3v) is 3.67. The molecule has 2 heterocycles. The molecule has 0 radical (unpaired) electrons. The van der Waals surface area contributed by atoms with Gasteiger partial charge in [0.05, 0.1) is 11.6 Å². The minimum Gasteiger partial charge on any atom is -0.508 e. The number of imide groups is 1. The lowest BCUT2D eigenvalue weighted by molar-refractivity contribution is -0.134. The highest BCUT2D eigenvalue weighted by molar-refractivity contribution is 6.03. The number of piperidine rings is 1. The van der Waals surface area contributed by atoms with Crippen molar-refractivity contribution < 1.29 is 19.8 Å². The normalized spacial score (nSPS) is 17.9. The Kier molecular flexibility index (Phi) is 4.35. The largest absolute Gasteiger partial charge is 0.508 e. The van der Waals surface area contributed by atoms with Crippen LogP contribution < -0.4 is 5.32 Å². The van der Waals surface area contributed by atoms with Gasteiger partial charge < -0.3 is 10.2 Å². The summed E-state index contributed by atoms with van der Waals surface area (Å²) >= 11 is 0. The Balaban J connectivity index is 0.000000847. The van der Waals surface area contributed by atoms with E-state index in [2.05, 4.69) is 15.5 Å². The molecule has 22 heavy (non-hydrogen) atoms. The molecule has 1 aromatic carbocycles. The molecule has 1 unspecified atom stereocenters. The van der Waals surface area contributed by atoms with Crippen LogP contribution in [0.1, 0.15) is 43.9 Å². The van der Waals surface area contributed by atoms with Crippen molar-refractivity contribution in [3.63, 3.8) is 0 Å². The molecule has 2 amide bonds. The SMILES string of the molecule is CC.Cc1c(O)cc2c(C3CCC(=O)NC3=O)[nH]nc2c1O. The predicted molar refractivity (Wildman–Crippen MR) is 80.6 cm³/mol. The van der Waals surface area contributed by atoms with Crippen molar-refractivity contribution in [2.45, 2.75) is 39.5 Å². The Morgan fingerprint density at radius 3 is 2.59 bits per heavy atom. The number of amides is 2. The number of fused-ring (bicyclic) bond motifs is 1. The van der Waals surface area contributed by atoms with Crippen molar-refractivity contribution in [1.82, 2.24) is 15.5 Å². The summed E-state index contributed by atoms with van der Waals surface area (Å²) in [6.45, 7) is 5.57. The Labute approximate surface area is 127 Å². The topological polar surface area (TPSA) is 115 Å². The number of benzene rings is 1. The molecule has 0 aliphatic carbocycles. The summed E-state index contributed by atoms with van der Waals surface area (Å²) in [6.07, 6.45) is 0.623. The van der Waals surface area contributed by atoms with Gasteiger partial charge in [0.25, 0.3) is 0 Å². The molecule has 7 heteroatoms. The van der Waals surface area contributed by atoms with Crippen LogP contribution in [0.4, 0.5) is 0 Å². The molecular weight excluding hydrogens is 286 g/mol. The second-order valence-electron chi connectivity index (χ2n) is 4.91. The number of phenolic OH excluding ortho intramolecular Hbond substituents is 2. The van der Waals surface area contributed by atoms with Gasteiger partial charge in [0, 0.05) is 17.4 Å². The number of H-pyrrole nitrogens is 1. The maximum absolute atomic E-state index is 11.9. The molecule has 3 rings (SSSR count). The smallest absolute Gasteiger partial charge is 0.235 e. The van der Waals surface area contributed by atoms with Gasteiger partial charge in [0.1, 0.15) is 17.0 Å². The summed E-state index contributed by atoms with van der Waals surface area (Å²) in [5, 5.41) is 29.2. The van der Waals surface area contributed by atoms with Gasteiger partial charge in [-0.2, -0.15) is 5.10 Å². The van der Waals surface area contributed by atoms with E-state index in [1.54, 1.807) is 6.92 Å². The zero-order chi connectivity index (χ0) is 16.4. The van der Waals surface area contributed by atoms with Gasteiger partial charge >= 0.3 is 0 Å². The number of aromatic hydroxyl groups is 2. The zero-order valence-corrected chi connectivity index (χ0v) is 12.7. The summed E-state index contributed by atoms with van der Waals surface area (Å²) in [5.41, 5.74) is 1.13. The standard InChI is InChI=1S/C13H13N3O4.C2H6/c1-5-8(17)4-7-10(15-16-11(7)12(5)19)6-2-3-9(18)14-13(6)20;1-2/h4,6,17,19H,2-3H2,1H3,(H,15,16)(H,14,18,20);1-2H3. The van der Waals surface area contributed by atoms with Gasteiger partial charge in [-0.25, -0.2) is 0 Å². The summed E-state index contributed by atoms with van der Waals surface area (Å²) in [7, 11) is 0. The lowest BCUT2D eigenvalue weighted by atomic mass is 9.92. The molecule has 1 atom stereocenters. The fourth-order valence-corrected chi connectivity index (χ4v) is 2.47. The molecule has 118 valence electrons. The van der Waals surface area contributed by atoms with Crippen molar-refractivity contribution >= 4 is 22.7 Å². The molecule has 0 saturated carbocycles. The maximum Gasteiger partial charge on any atom is 0.235 e. The van der Waals surface area contributed by atoms with Gasteiger partial charge in [0.2, 0.25) is 11.8 Å². The van der Waals surface area contributed by atoms with Crippen LogP contribution in [0.5, 0.6) is 11.5 Å². The Hall–Kier alpha value is -2.57. The quantitative estimate of drug-likeness (QED) is 0.600. The molecule has 1 aliphatic rings. The van der Waals surface area contributed by atoms with Crippen LogP contribution in [0.3, 0.4) is 0 Å². The second kappa shape index (κ2) is 6.05. The van der Waals surface area contributed by atoms with Crippen molar-refractivity contribution in [2.24, 2.45) is 0 Å². The lowest BCUT2D eigenvalue weighted by Gasteiger charge is -2.19. The number of rotatable bonds is 1. The predicted octanol–water partition coefficient (Wildman–Crippen LogP) is 1.83. The van der Waals surface area contributed by atoms with Crippen molar-refractivity contribution in [2.75, 3.05) is 0 Å². The first-order chi connectivity index (χ1) is 10.5. The number of aromatic amines is 1. The number of aromatic nitrogens is 2. The van der Waals surface area contributed by atoms with Crippen molar-refractivity contribution in [1.29, 1.82) is 0 Å². The average Bonchev–Trinajstić information content (AvgIpc) is 2.91. The summed E-state index contributed by atoms with van der Waals surface area (Å²) in [4.78, 5) is 23.0. The van der Waals surface area contributed by atoms with E-state index >= 15 is 0 Å². The highest BCUT2D eigenvalue weighted by atomic mass is 16.3. The van der Waals surface area contributed by atoms with E-state index in [4.69, 9.17) is 0 Å². The molecule has 1 aromatic heterocycles. The van der Waals surface area contributed by atoms with Crippen LogP contribution in [-0.4, -0.2) is 32.2 Å². The van der Waals surface area contributed by atoms with Crippen LogP contribution in [0.2, 0.25) is 0 Å². The number of carbonyl (C=O) groups excluding carboxylic acids is 2. The van der Waals surface area contributed by atoms with Crippen LogP contribution in [0.25, 0.3) is 10.9 Å². The number of carbonyl (C=O) groups is 2. The maximum atomic E-state index is 11.9. The van der Waals surface area contributed by atoms with Gasteiger partial charge in [-0.3, -0.25) is 20.0 Å². The van der Waals surface area contributed by atoms with E-state index in [1.165, 1.54) is 6.07 Å². The van der Waals surface area contributed by atoms with E-state index < -0.39 is 11.8 Å². The van der Waals surface area contributed by atoms with E-state index in [-0.39, 0.29) is 23.8 Å². The first-order valence-electron chi connectivity index (χ1n) is 7.22. The molecule has 1 fully saturated rings. The molecule has 4 N–H and O–H groups in total. The van der Waals surface area contributed by atoms with Crippen molar-refractivity contribution in [3.8, 4) is 11.5 Å². The van der Waals surface area contributed by atoms with Gasteiger partial charge in [-0.1, -0.05) is 13.8 Å².